The summed E-state index contributed by atoms with van der Waals surface area (Å²) in [5.41, 5.74) is 0.538. The van der Waals surface area contributed by atoms with Gasteiger partial charge in [0.15, 0.2) is 14.1 Å². The Balaban J connectivity index is 1.66. The number of nitrogens with one attached hydrogen (secondary N) is 3. The van der Waals surface area contributed by atoms with Crippen LogP contribution in [0, 0.1) is 5.92 Å². The molecular weight excluding hydrogens is 651 g/mol. The summed E-state index contributed by atoms with van der Waals surface area (Å²) in [6.07, 6.45) is 2.77. The minimum Gasteiger partial charge on any atom is -0.494 e. The summed E-state index contributed by atoms with van der Waals surface area (Å²) in [7, 11) is -2.38. The van der Waals surface area contributed by atoms with Crippen molar-refractivity contribution < 1.29 is 43.0 Å². The van der Waals surface area contributed by atoms with E-state index in [9.17, 15) is 29.0 Å². The van der Waals surface area contributed by atoms with Crippen molar-refractivity contribution >= 4 is 38.0 Å². The van der Waals surface area contributed by atoms with Gasteiger partial charge < -0.3 is 39.7 Å². The molecule has 2 unspecified atom stereocenters. The van der Waals surface area contributed by atoms with Crippen LogP contribution in [0.2, 0.25) is 0 Å². The van der Waals surface area contributed by atoms with Crippen molar-refractivity contribution in [2.45, 2.75) is 78.3 Å². The van der Waals surface area contributed by atoms with Gasteiger partial charge in [0.1, 0.15) is 11.5 Å². The van der Waals surface area contributed by atoms with Gasteiger partial charge in [-0.05, 0) is 69.5 Å². The van der Waals surface area contributed by atoms with Gasteiger partial charge in [-0.25, -0.2) is 4.79 Å². The van der Waals surface area contributed by atoms with E-state index in [0.717, 1.165) is 23.5 Å². The van der Waals surface area contributed by atoms with Gasteiger partial charge in [0, 0.05) is 10.9 Å². The van der Waals surface area contributed by atoms with E-state index >= 15 is 0 Å². The lowest BCUT2D eigenvalue weighted by molar-refractivity contribution is -0.169. The molecule has 0 fully saturated rings. The van der Waals surface area contributed by atoms with Crippen molar-refractivity contribution in [1.29, 1.82) is 0 Å². The van der Waals surface area contributed by atoms with Crippen LogP contribution < -0.4 is 26.0 Å². The van der Waals surface area contributed by atoms with Crippen LogP contribution in [0.15, 0.2) is 65.1 Å². The summed E-state index contributed by atoms with van der Waals surface area (Å²) >= 11 is 0. The van der Waals surface area contributed by atoms with Crippen LogP contribution in [0.25, 0.3) is 11.3 Å². The molecule has 0 saturated carbocycles. The zero-order valence-corrected chi connectivity index (χ0v) is 29.5. The quantitative estimate of drug-likeness (QED) is 0.0375. The molecule has 2 atom stereocenters. The molecule has 266 valence electrons. The molecule has 3 aromatic rings. The zero-order valence-electron chi connectivity index (χ0n) is 28.6. The monoisotopic (exact) mass is 698 g/mol. The van der Waals surface area contributed by atoms with E-state index in [1.807, 2.05) is 51.1 Å². The highest BCUT2D eigenvalue weighted by Crippen LogP contribution is 2.31. The number of furan rings is 1. The van der Waals surface area contributed by atoms with Crippen molar-refractivity contribution in [2.75, 3.05) is 13.3 Å². The van der Waals surface area contributed by atoms with Gasteiger partial charge in [-0.15, -0.1) is 0 Å². The Labute approximate surface area is 288 Å². The molecule has 2 aromatic carbocycles. The number of unbranched alkanes of at least 4 members (excludes halogenated alkanes) is 2. The third kappa shape index (κ3) is 11.3. The molecule has 0 saturated heterocycles. The number of nitrogens with zero attached hydrogens (tertiary/aromatic N) is 1. The number of carbonyl (C=O) groups excluding carboxylic acids is 4. The molecule has 5 N–H and O–H groups in total. The topological polar surface area (TPSA) is 180 Å². The SMILES string of the molecule is CCCCCC(C(=O)NCNC(=O)c1ccc(-c2cc(OCC)cc(P(O)O)c2)o1)C(CC)N(C=O)OC(=O)NC(C)(C)c1ccccc1. The average Bonchev–Trinajstić information content (AvgIpc) is 3.58. The summed E-state index contributed by atoms with van der Waals surface area (Å²) in [5.74, 6) is -1.05. The molecule has 1 aromatic heterocycles. The number of hydroxylamine groups is 2. The van der Waals surface area contributed by atoms with Crippen molar-refractivity contribution in [1.82, 2.24) is 21.0 Å². The van der Waals surface area contributed by atoms with E-state index in [1.165, 1.54) is 18.2 Å². The number of hydrogen-bond acceptors (Lipinski definition) is 9. The van der Waals surface area contributed by atoms with E-state index in [-0.39, 0.29) is 17.7 Å². The van der Waals surface area contributed by atoms with E-state index in [2.05, 4.69) is 16.0 Å². The third-order valence-electron chi connectivity index (χ3n) is 7.93. The van der Waals surface area contributed by atoms with Crippen LogP contribution in [0.4, 0.5) is 4.79 Å². The molecule has 0 aliphatic carbocycles. The van der Waals surface area contributed by atoms with Crippen molar-refractivity contribution in [2.24, 2.45) is 5.92 Å². The fraction of sp³-hybridized carbons (Fsp3) is 0.429. The van der Waals surface area contributed by atoms with Gasteiger partial charge in [0.2, 0.25) is 12.3 Å². The van der Waals surface area contributed by atoms with Crippen LogP contribution in [0.1, 0.15) is 82.8 Å². The van der Waals surface area contributed by atoms with Gasteiger partial charge in [0.05, 0.1) is 30.8 Å². The van der Waals surface area contributed by atoms with Gasteiger partial charge >= 0.3 is 6.09 Å². The first kappa shape index (κ1) is 39.0. The zero-order chi connectivity index (χ0) is 36.0. The minimum atomic E-state index is -2.38. The molecular formula is C35H47N4O9P. The Morgan fingerprint density at radius 2 is 1.73 bits per heavy atom. The number of amides is 4. The summed E-state index contributed by atoms with van der Waals surface area (Å²) in [6.45, 7) is 9.39. The highest BCUT2D eigenvalue weighted by atomic mass is 31.2. The first-order valence-corrected chi connectivity index (χ1v) is 17.6. The smallest absolute Gasteiger partial charge is 0.432 e. The molecule has 14 heteroatoms. The van der Waals surface area contributed by atoms with Gasteiger partial charge in [-0.3, -0.25) is 14.4 Å². The van der Waals surface area contributed by atoms with E-state index in [4.69, 9.17) is 14.0 Å². The normalized spacial score (nSPS) is 12.5. The van der Waals surface area contributed by atoms with Gasteiger partial charge in [-0.2, -0.15) is 5.06 Å². The molecule has 3 rings (SSSR count). The fourth-order valence-corrected chi connectivity index (χ4v) is 5.86. The van der Waals surface area contributed by atoms with Crippen LogP contribution in [0.5, 0.6) is 5.75 Å². The predicted octanol–water partition coefficient (Wildman–Crippen LogP) is 5.08. The minimum absolute atomic E-state index is 0.0289. The Hall–Kier alpha value is -4.45. The second-order valence-corrected chi connectivity index (χ2v) is 13.0. The maximum Gasteiger partial charge on any atom is 0.432 e. The Morgan fingerprint density at radius 1 is 1.00 bits per heavy atom. The van der Waals surface area contributed by atoms with Crippen molar-refractivity contribution in [3.8, 4) is 17.1 Å². The predicted molar refractivity (Wildman–Crippen MR) is 185 cm³/mol. The molecule has 13 nitrogen and oxygen atoms in total. The van der Waals surface area contributed by atoms with Crippen molar-refractivity contribution in [3.63, 3.8) is 0 Å². The molecule has 0 bridgehead atoms. The van der Waals surface area contributed by atoms with Crippen LogP contribution >= 0.6 is 8.38 Å². The molecule has 0 aliphatic heterocycles. The maximum absolute atomic E-state index is 13.5. The lowest BCUT2D eigenvalue weighted by atomic mass is 9.90. The summed E-state index contributed by atoms with van der Waals surface area (Å²) in [6, 6.07) is 16.3. The summed E-state index contributed by atoms with van der Waals surface area (Å²) in [5, 5.41) is 9.25. The van der Waals surface area contributed by atoms with E-state index < -0.39 is 43.8 Å². The Kier molecular flexibility index (Phi) is 15.1. The summed E-state index contributed by atoms with van der Waals surface area (Å²) < 4.78 is 11.3. The standard InChI is InChI=1S/C35H47N4O9P/c1-6-9-11-16-28(29(7-2)39(23-40)48-34(43)38-35(4,5)25-14-12-10-13-15-25)32(41)36-22-37-33(42)31-18-17-30(47-31)24-19-26(46-8-3)21-27(20-24)49(44)45/h10,12-15,17-21,23,28-29,44-45H,6-9,11,16,22H2,1-5H3,(H,36,41)(H,37,42)(H,38,43). The highest BCUT2D eigenvalue weighted by Gasteiger charge is 2.34. The van der Waals surface area contributed by atoms with Gasteiger partial charge in [0.25, 0.3) is 5.91 Å². The van der Waals surface area contributed by atoms with Crippen LogP contribution in [0.3, 0.4) is 0 Å². The second kappa shape index (κ2) is 18.9. The fourth-order valence-electron chi connectivity index (χ4n) is 5.36. The van der Waals surface area contributed by atoms with Gasteiger partial charge in [-0.1, -0.05) is 63.4 Å². The number of ether oxygens (including phenoxy) is 1. The van der Waals surface area contributed by atoms with Crippen LogP contribution in [-0.4, -0.2) is 58.5 Å². The maximum atomic E-state index is 13.5. The first-order valence-electron chi connectivity index (χ1n) is 16.3. The molecule has 4 amide bonds. The van der Waals surface area contributed by atoms with Crippen LogP contribution in [-0.2, 0) is 20.0 Å². The lowest BCUT2D eigenvalue weighted by Gasteiger charge is -2.33. The highest BCUT2D eigenvalue weighted by molar-refractivity contribution is 7.54. The Morgan fingerprint density at radius 3 is 2.37 bits per heavy atom. The van der Waals surface area contributed by atoms with E-state index in [0.29, 0.717) is 49.4 Å². The number of rotatable bonds is 19. The molecule has 0 aliphatic rings. The first-order chi connectivity index (χ1) is 23.4. The number of hydrogen-bond donors (Lipinski definition) is 5. The lowest BCUT2D eigenvalue weighted by Crippen LogP contribution is -2.51. The molecule has 1 heterocycles. The molecule has 0 radical (unpaired) electrons. The number of benzene rings is 2. The van der Waals surface area contributed by atoms with Crippen molar-refractivity contribution in [3.05, 3.63) is 72.0 Å². The summed E-state index contributed by atoms with van der Waals surface area (Å²) in [4.78, 5) is 76.4. The Bertz CT molecular complexity index is 1530. The van der Waals surface area contributed by atoms with E-state index in [1.54, 1.807) is 26.0 Å². The molecule has 0 spiro atoms. The molecule has 49 heavy (non-hydrogen) atoms. The average molecular weight is 699 g/mol. The largest absolute Gasteiger partial charge is 0.494 e. The number of carbonyl (C=O) groups is 4. The second-order valence-electron chi connectivity index (χ2n) is 11.9. The third-order valence-corrected chi connectivity index (χ3v) is 8.65.